The molecule has 4 heteroatoms. The van der Waals surface area contributed by atoms with Crippen molar-refractivity contribution >= 4 is 0 Å². The Morgan fingerprint density at radius 2 is 1.81 bits per heavy atom. The first kappa shape index (κ1) is 19.7. The van der Waals surface area contributed by atoms with E-state index in [2.05, 4.69) is 48.2 Å². The van der Waals surface area contributed by atoms with Gasteiger partial charge in [-0.2, -0.15) is 0 Å². The molecule has 1 aliphatic rings. The van der Waals surface area contributed by atoms with Crippen molar-refractivity contribution in [3.63, 3.8) is 0 Å². The zero-order chi connectivity index (χ0) is 18.9. The minimum Gasteiger partial charge on any atom is -0.490 e. The molecular weight excluding hydrogens is 338 g/mol. The predicted molar refractivity (Wildman–Crippen MR) is 109 cm³/mol. The first-order valence-electron chi connectivity index (χ1n) is 9.99. The van der Waals surface area contributed by atoms with E-state index in [0.717, 1.165) is 57.2 Å². The molecule has 146 valence electrons. The Morgan fingerprint density at radius 1 is 0.963 bits per heavy atom. The van der Waals surface area contributed by atoms with Gasteiger partial charge in [-0.25, -0.2) is 0 Å². The highest BCUT2D eigenvalue weighted by atomic mass is 16.5. The maximum Gasteiger partial charge on any atom is 0.161 e. The van der Waals surface area contributed by atoms with Crippen LogP contribution < -0.4 is 9.47 Å². The van der Waals surface area contributed by atoms with Gasteiger partial charge < -0.3 is 14.2 Å². The molecule has 0 unspecified atom stereocenters. The van der Waals surface area contributed by atoms with E-state index in [9.17, 15) is 0 Å². The third-order valence-corrected chi connectivity index (χ3v) is 4.83. The molecule has 1 heterocycles. The molecule has 0 N–H and O–H groups in total. The zero-order valence-corrected chi connectivity index (χ0v) is 16.6. The molecule has 0 radical (unpaired) electrons. The second-order valence-electron chi connectivity index (χ2n) is 7.05. The van der Waals surface area contributed by atoms with Crippen LogP contribution in [0, 0.1) is 6.92 Å². The lowest BCUT2D eigenvalue weighted by Crippen LogP contribution is -2.36. The molecule has 0 aromatic heterocycles. The van der Waals surface area contributed by atoms with Crippen LogP contribution in [0.15, 0.2) is 42.5 Å². The Hall–Kier alpha value is -2.04. The third-order valence-electron chi connectivity index (χ3n) is 4.83. The first-order chi connectivity index (χ1) is 13.2. The normalized spacial score (nSPS) is 14.9. The van der Waals surface area contributed by atoms with Gasteiger partial charge in [-0.3, -0.25) is 4.90 Å². The number of morpholine rings is 1. The third kappa shape index (κ3) is 6.26. The lowest BCUT2D eigenvalue weighted by molar-refractivity contribution is 0.0374. The van der Waals surface area contributed by atoms with Crippen LogP contribution in [0.5, 0.6) is 11.5 Å². The van der Waals surface area contributed by atoms with E-state index in [0.29, 0.717) is 13.2 Å². The Balaban J connectivity index is 1.56. The molecule has 0 amide bonds. The molecule has 0 atom stereocenters. The summed E-state index contributed by atoms with van der Waals surface area (Å²) in [5.41, 5.74) is 3.72. The van der Waals surface area contributed by atoms with Crippen LogP contribution >= 0.6 is 0 Å². The van der Waals surface area contributed by atoms with Crippen LogP contribution in [-0.2, 0) is 17.8 Å². The van der Waals surface area contributed by atoms with Crippen LogP contribution in [-0.4, -0.2) is 44.4 Å². The molecule has 1 fully saturated rings. The summed E-state index contributed by atoms with van der Waals surface area (Å²) in [7, 11) is 0. The van der Waals surface area contributed by atoms with Crippen molar-refractivity contribution in [3.05, 3.63) is 59.2 Å². The minimum absolute atomic E-state index is 0.554. The first-order valence-corrected chi connectivity index (χ1v) is 9.99. The molecule has 3 rings (SSSR count). The van der Waals surface area contributed by atoms with E-state index < -0.39 is 0 Å². The molecule has 27 heavy (non-hydrogen) atoms. The summed E-state index contributed by atoms with van der Waals surface area (Å²) >= 11 is 0. The lowest BCUT2D eigenvalue weighted by atomic mass is 10.1. The summed E-state index contributed by atoms with van der Waals surface area (Å²) in [5, 5.41) is 0. The van der Waals surface area contributed by atoms with E-state index >= 15 is 0 Å². The highest BCUT2D eigenvalue weighted by Crippen LogP contribution is 2.30. The number of nitrogens with zero attached hydrogens (tertiary/aromatic N) is 1. The van der Waals surface area contributed by atoms with Crippen LogP contribution in [0.3, 0.4) is 0 Å². The van der Waals surface area contributed by atoms with Gasteiger partial charge in [0, 0.05) is 13.1 Å². The van der Waals surface area contributed by atoms with Crippen LogP contribution in [0.25, 0.3) is 0 Å². The van der Waals surface area contributed by atoms with Crippen molar-refractivity contribution in [2.45, 2.75) is 33.3 Å². The summed E-state index contributed by atoms with van der Waals surface area (Å²) < 4.78 is 17.3. The quantitative estimate of drug-likeness (QED) is 0.662. The van der Waals surface area contributed by atoms with Crippen LogP contribution in [0.4, 0.5) is 0 Å². The van der Waals surface area contributed by atoms with Crippen LogP contribution in [0.2, 0.25) is 0 Å². The van der Waals surface area contributed by atoms with Gasteiger partial charge >= 0.3 is 0 Å². The molecule has 0 aliphatic carbocycles. The van der Waals surface area contributed by atoms with Gasteiger partial charge in [0.1, 0.15) is 6.61 Å². The van der Waals surface area contributed by atoms with E-state index in [1.165, 1.54) is 16.7 Å². The number of hydrogen-bond donors (Lipinski definition) is 0. The summed E-state index contributed by atoms with van der Waals surface area (Å²) in [6.07, 6.45) is 2.20. The fourth-order valence-electron chi connectivity index (χ4n) is 3.39. The van der Waals surface area contributed by atoms with Crippen LogP contribution in [0.1, 0.15) is 30.0 Å². The monoisotopic (exact) mass is 369 g/mol. The van der Waals surface area contributed by atoms with Gasteiger partial charge in [-0.05, 0) is 56.5 Å². The average molecular weight is 370 g/mol. The number of ether oxygens (including phenoxy) is 3. The molecule has 4 nitrogen and oxygen atoms in total. The summed E-state index contributed by atoms with van der Waals surface area (Å²) in [5.74, 6) is 1.66. The minimum atomic E-state index is 0.554. The lowest BCUT2D eigenvalue weighted by Gasteiger charge is -2.26. The van der Waals surface area contributed by atoms with E-state index in [-0.39, 0.29) is 0 Å². The van der Waals surface area contributed by atoms with Gasteiger partial charge in [0.2, 0.25) is 0 Å². The second-order valence-corrected chi connectivity index (χ2v) is 7.05. The molecule has 0 bridgehead atoms. The molecular formula is C23H31NO3. The summed E-state index contributed by atoms with van der Waals surface area (Å²) in [6, 6.07) is 14.7. The average Bonchev–Trinajstić information content (AvgIpc) is 2.68. The van der Waals surface area contributed by atoms with Gasteiger partial charge in [-0.1, -0.05) is 35.9 Å². The standard InChI is InChI=1S/C23H31NO3/c1-3-26-23-17-20(8-5-11-24-12-14-25-15-13-24)9-10-22(23)27-18-21-7-4-6-19(2)16-21/h4,6-7,9-10,16-17H,3,5,8,11-15,18H2,1-2H3. The highest BCUT2D eigenvalue weighted by Gasteiger charge is 2.11. The van der Waals surface area contributed by atoms with Crippen molar-refractivity contribution in [3.8, 4) is 11.5 Å². The zero-order valence-electron chi connectivity index (χ0n) is 16.6. The van der Waals surface area contributed by atoms with Gasteiger partial charge in [0.15, 0.2) is 11.5 Å². The van der Waals surface area contributed by atoms with Crippen molar-refractivity contribution < 1.29 is 14.2 Å². The van der Waals surface area contributed by atoms with Gasteiger partial charge in [-0.15, -0.1) is 0 Å². The topological polar surface area (TPSA) is 30.9 Å². The number of hydrogen-bond acceptors (Lipinski definition) is 4. The molecule has 1 saturated heterocycles. The van der Waals surface area contributed by atoms with E-state index in [4.69, 9.17) is 14.2 Å². The Kier molecular flexibility index (Phi) is 7.55. The number of aryl methyl sites for hydroxylation is 2. The van der Waals surface area contributed by atoms with E-state index in [1.54, 1.807) is 0 Å². The molecule has 0 saturated carbocycles. The van der Waals surface area contributed by atoms with Gasteiger partial charge in [0.25, 0.3) is 0 Å². The second kappa shape index (κ2) is 10.3. The summed E-state index contributed by atoms with van der Waals surface area (Å²) in [6.45, 7) is 10.3. The van der Waals surface area contributed by atoms with Crippen molar-refractivity contribution in [2.75, 3.05) is 39.5 Å². The van der Waals surface area contributed by atoms with Gasteiger partial charge in [0.05, 0.1) is 19.8 Å². The highest BCUT2D eigenvalue weighted by molar-refractivity contribution is 5.43. The molecule has 0 spiro atoms. The molecule has 2 aromatic rings. The predicted octanol–water partition coefficient (Wildman–Crippen LogP) is 4.24. The van der Waals surface area contributed by atoms with E-state index in [1.807, 2.05) is 13.0 Å². The number of rotatable bonds is 9. The maximum atomic E-state index is 6.04. The molecule has 1 aliphatic heterocycles. The number of benzene rings is 2. The van der Waals surface area contributed by atoms with Crippen molar-refractivity contribution in [2.24, 2.45) is 0 Å². The van der Waals surface area contributed by atoms with Crippen molar-refractivity contribution in [1.82, 2.24) is 4.90 Å². The Labute approximate surface area is 163 Å². The molecule has 2 aromatic carbocycles. The largest absolute Gasteiger partial charge is 0.490 e. The summed E-state index contributed by atoms with van der Waals surface area (Å²) in [4.78, 5) is 2.48. The van der Waals surface area contributed by atoms with Crippen molar-refractivity contribution in [1.29, 1.82) is 0 Å². The smallest absolute Gasteiger partial charge is 0.161 e. The SMILES string of the molecule is CCOc1cc(CCCN2CCOCC2)ccc1OCc1cccc(C)c1. The fourth-order valence-corrected chi connectivity index (χ4v) is 3.39. The maximum absolute atomic E-state index is 6.04. The fraction of sp³-hybridized carbons (Fsp3) is 0.478. The Bertz CT molecular complexity index is 711. The Morgan fingerprint density at radius 3 is 2.59 bits per heavy atom.